The highest BCUT2D eigenvalue weighted by molar-refractivity contribution is 6.01. The largest absolute Gasteiger partial charge is 0.0877 e. The first-order chi connectivity index (χ1) is 15.6. The molecule has 0 amide bonds. The molecule has 4 aliphatic rings. The van der Waals surface area contributed by atoms with Crippen LogP contribution in [-0.4, -0.2) is 0 Å². The Bertz CT molecular complexity index is 1350. The van der Waals surface area contributed by atoms with E-state index in [-0.39, 0.29) is 5.41 Å². The molecule has 0 aromatic heterocycles. The van der Waals surface area contributed by atoms with E-state index in [1.807, 2.05) is 0 Å². The van der Waals surface area contributed by atoms with Crippen LogP contribution >= 0.6 is 0 Å². The zero-order valence-corrected chi connectivity index (χ0v) is 19.2. The molecule has 2 aromatic rings. The number of benzene rings is 2. The minimum Gasteiger partial charge on any atom is -0.0877 e. The van der Waals surface area contributed by atoms with E-state index in [1.54, 1.807) is 0 Å². The van der Waals surface area contributed by atoms with Gasteiger partial charge < -0.3 is 0 Å². The summed E-state index contributed by atoms with van der Waals surface area (Å²) in [5, 5.41) is 2.73. The maximum absolute atomic E-state index is 2.60. The molecule has 2 aromatic carbocycles. The number of allylic oxidation sites excluding steroid dienone is 13. The van der Waals surface area contributed by atoms with Crippen LogP contribution in [0.4, 0.5) is 0 Å². The van der Waals surface area contributed by atoms with Gasteiger partial charge in [0.2, 0.25) is 0 Å². The van der Waals surface area contributed by atoms with E-state index in [0.29, 0.717) is 11.8 Å². The van der Waals surface area contributed by atoms with Crippen LogP contribution in [-0.2, 0) is 0 Å². The molecular weight excluding hydrogens is 384 g/mol. The molecule has 3 atom stereocenters. The number of hydrogen-bond acceptors (Lipinski definition) is 0. The van der Waals surface area contributed by atoms with Crippen molar-refractivity contribution in [3.05, 3.63) is 118 Å². The van der Waals surface area contributed by atoms with Gasteiger partial charge in [0.25, 0.3) is 0 Å². The Kier molecular flexibility index (Phi) is 4.40. The van der Waals surface area contributed by atoms with Gasteiger partial charge in [-0.05, 0) is 84.2 Å². The highest BCUT2D eigenvalue weighted by Gasteiger charge is 2.54. The maximum atomic E-state index is 2.60. The molecule has 1 spiro atoms. The van der Waals surface area contributed by atoms with Gasteiger partial charge in [0.1, 0.15) is 0 Å². The Labute approximate surface area is 191 Å². The molecule has 0 saturated heterocycles. The van der Waals surface area contributed by atoms with Crippen LogP contribution in [0.1, 0.15) is 56.2 Å². The van der Waals surface area contributed by atoms with Crippen LogP contribution in [0.5, 0.6) is 0 Å². The minimum absolute atomic E-state index is 0.237. The fourth-order valence-corrected chi connectivity index (χ4v) is 6.12. The van der Waals surface area contributed by atoms with E-state index in [1.165, 1.54) is 56.2 Å². The standard InChI is InChI=1S/C32H30/c1-4-5-9-21(2)16-29-22(3)17-25-18-23-10-6-7-13-28(23)30(31(25)29)24-14-15-26-11-8-12-27-20-32(26,27)19-24/h4-15,17-19,27,29H,16,20H2,1-3H3/b5-4-,21-9+. The summed E-state index contributed by atoms with van der Waals surface area (Å²) in [6.45, 7) is 6.67. The zero-order valence-electron chi connectivity index (χ0n) is 19.2. The molecule has 0 radical (unpaired) electrons. The molecule has 0 nitrogen and oxygen atoms in total. The van der Waals surface area contributed by atoms with E-state index >= 15 is 0 Å². The SMILES string of the molecule is C/C=C\C=C(/C)CC1C(C)=Cc2cc3ccccc3c(C3=CC45CC4C=CC=C5C=C3)c21. The molecule has 0 N–H and O–H groups in total. The number of fused-ring (bicyclic) bond motifs is 2. The molecule has 158 valence electrons. The van der Waals surface area contributed by atoms with Gasteiger partial charge in [-0.15, -0.1) is 0 Å². The summed E-state index contributed by atoms with van der Waals surface area (Å²) in [5.74, 6) is 1.11. The predicted octanol–water partition coefficient (Wildman–Crippen LogP) is 8.71. The molecule has 1 saturated carbocycles. The van der Waals surface area contributed by atoms with Crippen molar-refractivity contribution in [3.8, 4) is 0 Å². The van der Waals surface area contributed by atoms with Crippen molar-refractivity contribution >= 4 is 22.4 Å². The second-order valence-electron chi connectivity index (χ2n) is 9.95. The normalized spacial score (nSPS) is 27.7. The second-order valence-corrected chi connectivity index (χ2v) is 9.95. The number of rotatable bonds is 4. The molecule has 0 bridgehead atoms. The van der Waals surface area contributed by atoms with E-state index < -0.39 is 0 Å². The molecule has 0 aliphatic heterocycles. The summed E-state index contributed by atoms with van der Waals surface area (Å²) in [6, 6.07) is 11.4. The van der Waals surface area contributed by atoms with E-state index in [2.05, 4.69) is 112 Å². The summed E-state index contributed by atoms with van der Waals surface area (Å²) < 4.78 is 0. The van der Waals surface area contributed by atoms with Crippen molar-refractivity contribution in [2.45, 2.75) is 39.5 Å². The molecule has 3 unspecified atom stereocenters. The highest BCUT2D eigenvalue weighted by atomic mass is 14.6. The van der Waals surface area contributed by atoms with Crippen LogP contribution in [0.15, 0.2) is 102 Å². The molecule has 1 fully saturated rings. The van der Waals surface area contributed by atoms with E-state index in [9.17, 15) is 0 Å². The third-order valence-electron chi connectivity index (χ3n) is 7.86. The quantitative estimate of drug-likeness (QED) is 0.439. The van der Waals surface area contributed by atoms with Gasteiger partial charge >= 0.3 is 0 Å². The van der Waals surface area contributed by atoms with E-state index in [0.717, 1.165) is 6.42 Å². The average molecular weight is 415 g/mol. The third-order valence-corrected chi connectivity index (χ3v) is 7.86. The fourth-order valence-electron chi connectivity index (χ4n) is 6.12. The smallest absolute Gasteiger partial charge is 0.0210 e. The topological polar surface area (TPSA) is 0 Å². The number of hydrogen-bond donors (Lipinski definition) is 0. The van der Waals surface area contributed by atoms with Gasteiger partial charge in [0, 0.05) is 11.3 Å². The van der Waals surface area contributed by atoms with Gasteiger partial charge in [0.15, 0.2) is 0 Å². The first-order valence-corrected chi connectivity index (χ1v) is 11.9. The Balaban J connectivity index is 1.55. The van der Waals surface area contributed by atoms with Crippen LogP contribution in [0.3, 0.4) is 0 Å². The van der Waals surface area contributed by atoms with Gasteiger partial charge in [-0.3, -0.25) is 0 Å². The summed E-state index contributed by atoms with van der Waals surface area (Å²) >= 11 is 0. The Morgan fingerprint density at radius 3 is 2.94 bits per heavy atom. The lowest BCUT2D eigenvalue weighted by molar-refractivity contribution is 0.740. The second kappa shape index (κ2) is 7.20. The molecular formula is C32H30. The molecule has 6 rings (SSSR count). The summed E-state index contributed by atoms with van der Waals surface area (Å²) in [4.78, 5) is 0. The summed E-state index contributed by atoms with van der Waals surface area (Å²) in [6.07, 6.45) is 25.6. The molecule has 0 heterocycles. The van der Waals surface area contributed by atoms with Gasteiger partial charge in [-0.1, -0.05) is 96.2 Å². The monoisotopic (exact) mass is 414 g/mol. The summed E-state index contributed by atoms with van der Waals surface area (Å²) in [5.41, 5.74) is 10.4. The van der Waals surface area contributed by atoms with Crippen molar-refractivity contribution in [2.75, 3.05) is 0 Å². The molecule has 0 heteroatoms. The van der Waals surface area contributed by atoms with Crippen LogP contribution < -0.4 is 0 Å². The lowest BCUT2D eigenvalue weighted by Gasteiger charge is -2.26. The van der Waals surface area contributed by atoms with Crippen molar-refractivity contribution in [2.24, 2.45) is 11.3 Å². The molecule has 4 aliphatic carbocycles. The van der Waals surface area contributed by atoms with Gasteiger partial charge in [0.05, 0.1) is 0 Å². The van der Waals surface area contributed by atoms with Gasteiger partial charge in [-0.25, -0.2) is 0 Å². The van der Waals surface area contributed by atoms with Crippen LogP contribution in [0, 0.1) is 11.3 Å². The lowest BCUT2D eigenvalue weighted by Crippen LogP contribution is -2.11. The Hall–Kier alpha value is -3.12. The van der Waals surface area contributed by atoms with Crippen molar-refractivity contribution in [1.29, 1.82) is 0 Å². The first-order valence-electron chi connectivity index (χ1n) is 11.9. The Morgan fingerprint density at radius 1 is 1.19 bits per heavy atom. The van der Waals surface area contributed by atoms with Crippen LogP contribution in [0.2, 0.25) is 0 Å². The van der Waals surface area contributed by atoms with E-state index in [4.69, 9.17) is 0 Å². The molecule has 32 heavy (non-hydrogen) atoms. The zero-order chi connectivity index (χ0) is 21.9. The summed E-state index contributed by atoms with van der Waals surface area (Å²) in [7, 11) is 0. The van der Waals surface area contributed by atoms with Crippen molar-refractivity contribution in [3.63, 3.8) is 0 Å². The average Bonchev–Trinajstić information content (AvgIpc) is 3.44. The van der Waals surface area contributed by atoms with Crippen molar-refractivity contribution in [1.82, 2.24) is 0 Å². The lowest BCUT2D eigenvalue weighted by atomic mass is 9.77. The highest BCUT2D eigenvalue weighted by Crippen LogP contribution is 2.64. The first kappa shape index (κ1) is 19.6. The van der Waals surface area contributed by atoms with Crippen molar-refractivity contribution < 1.29 is 0 Å². The predicted molar refractivity (Wildman–Crippen MR) is 138 cm³/mol. The third kappa shape index (κ3) is 2.89. The minimum atomic E-state index is 0.237. The van der Waals surface area contributed by atoms with Gasteiger partial charge in [-0.2, -0.15) is 0 Å². The fraction of sp³-hybridized carbons (Fsp3) is 0.250. The Morgan fingerprint density at radius 2 is 2.06 bits per heavy atom. The maximum Gasteiger partial charge on any atom is 0.0210 e. The van der Waals surface area contributed by atoms with Crippen LogP contribution in [0.25, 0.3) is 22.4 Å².